The van der Waals surface area contributed by atoms with Gasteiger partial charge in [-0.1, -0.05) is 18.5 Å². The molecule has 1 aliphatic carbocycles. The van der Waals surface area contributed by atoms with Crippen LogP contribution in [0.3, 0.4) is 0 Å². The van der Waals surface area contributed by atoms with Gasteiger partial charge in [0.25, 0.3) is 0 Å². The van der Waals surface area contributed by atoms with Crippen molar-refractivity contribution in [2.75, 3.05) is 0 Å². The highest BCUT2D eigenvalue weighted by Gasteiger charge is 2.27. The molecule has 0 aromatic carbocycles. The summed E-state index contributed by atoms with van der Waals surface area (Å²) in [5.41, 5.74) is 0.405. The van der Waals surface area contributed by atoms with Crippen LogP contribution in [0.2, 0.25) is 0 Å². The summed E-state index contributed by atoms with van der Waals surface area (Å²) in [5.74, 6) is 2.37. The summed E-state index contributed by atoms with van der Waals surface area (Å²) < 4.78 is 5.03. The van der Waals surface area contributed by atoms with Crippen molar-refractivity contribution in [2.24, 2.45) is 11.8 Å². The third-order valence-electron chi connectivity index (χ3n) is 2.96. The van der Waals surface area contributed by atoms with Gasteiger partial charge in [0, 0.05) is 12.5 Å². The summed E-state index contributed by atoms with van der Waals surface area (Å²) in [6.07, 6.45) is 4.25. The molecule has 0 bridgehead atoms. The van der Waals surface area contributed by atoms with Gasteiger partial charge in [0.1, 0.15) is 11.5 Å². The number of aromatic nitrogens is 1. The van der Waals surface area contributed by atoms with Crippen molar-refractivity contribution in [1.29, 1.82) is 0 Å². The number of carbonyl (C=O) groups excluding carboxylic acids is 1. The van der Waals surface area contributed by atoms with Crippen molar-refractivity contribution in [1.82, 2.24) is 5.16 Å². The molecule has 1 aromatic rings. The van der Waals surface area contributed by atoms with Crippen molar-refractivity contribution in [3.8, 4) is 0 Å². The predicted octanol–water partition coefficient (Wildman–Crippen LogP) is 2.08. The minimum atomic E-state index is 0.405. The third-order valence-corrected chi connectivity index (χ3v) is 2.96. The smallest absolute Gasteiger partial charge is 0.171 e. The second kappa shape index (κ2) is 3.32. The molecule has 1 fully saturated rings. The first-order chi connectivity index (χ1) is 6.29. The lowest BCUT2D eigenvalue weighted by atomic mass is 9.73. The highest BCUT2D eigenvalue weighted by molar-refractivity contribution is 5.71. The van der Waals surface area contributed by atoms with Gasteiger partial charge in [0.15, 0.2) is 6.29 Å². The number of rotatable bonds is 3. The van der Waals surface area contributed by atoms with Crippen LogP contribution >= 0.6 is 0 Å². The molecule has 0 saturated heterocycles. The van der Waals surface area contributed by atoms with Gasteiger partial charge in [-0.25, -0.2) is 0 Å². The van der Waals surface area contributed by atoms with Gasteiger partial charge in [-0.05, 0) is 18.3 Å². The molecule has 3 nitrogen and oxygen atoms in total. The van der Waals surface area contributed by atoms with Gasteiger partial charge >= 0.3 is 0 Å². The molecule has 0 N–H and O–H groups in total. The lowest BCUT2D eigenvalue weighted by Crippen LogP contribution is -2.24. The summed E-state index contributed by atoms with van der Waals surface area (Å²) in [4.78, 5) is 10.3. The molecule has 2 rings (SSSR count). The van der Waals surface area contributed by atoms with Crippen LogP contribution in [0.4, 0.5) is 0 Å². The Balaban J connectivity index is 1.97. The first-order valence-corrected chi connectivity index (χ1v) is 4.70. The van der Waals surface area contributed by atoms with Crippen LogP contribution in [0.1, 0.15) is 36.0 Å². The van der Waals surface area contributed by atoms with Gasteiger partial charge in [0.2, 0.25) is 0 Å². The van der Waals surface area contributed by atoms with E-state index in [-0.39, 0.29) is 0 Å². The Bertz CT molecular complexity index is 306. The van der Waals surface area contributed by atoms with E-state index in [0.717, 1.165) is 30.3 Å². The van der Waals surface area contributed by atoms with Crippen LogP contribution in [0.5, 0.6) is 0 Å². The monoisotopic (exact) mass is 179 g/mol. The van der Waals surface area contributed by atoms with Crippen LogP contribution in [-0.2, 0) is 6.42 Å². The van der Waals surface area contributed by atoms with Crippen molar-refractivity contribution in [2.45, 2.75) is 26.2 Å². The first-order valence-electron chi connectivity index (χ1n) is 4.70. The van der Waals surface area contributed by atoms with E-state index in [1.54, 1.807) is 6.07 Å². The van der Waals surface area contributed by atoms with Crippen molar-refractivity contribution < 1.29 is 9.32 Å². The minimum Gasteiger partial charge on any atom is -0.361 e. The Labute approximate surface area is 77.1 Å². The van der Waals surface area contributed by atoms with Crippen molar-refractivity contribution in [3.05, 3.63) is 17.5 Å². The quantitative estimate of drug-likeness (QED) is 0.667. The third kappa shape index (κ3) is 1.64. The van der Waals surface area contributed by atoms with Gasteiger partial charge in [-0.15, -0.1) is 0 Å². The SMILES string of the molecule is CC1CCC1Cc1cc(C=O)no1. The minimum absolute atomic E-state index is 0.405. The normalized spacial score (nSPS) is 26.8. The molecule has 2 unspecified atom stereocenters. The molecule has 1 heterocycles. The van der Waals surface area contributed by atoms with E-state index >= 15 is 0 Å². The number of hydrogen-bond donors (Lipinski definition) is 0. The topological polar surface area (TPSA) is 43.1 Å². The fourth-order valence-electron chi connectivity index (χ4n) is 1.78. The molecule has 0 amide bonds. The molecule has 3 heteroatoms. The lowest BCUT2D eigenvalue weighted by Gasteiger charge is -2.32. The molecule has 0 aliphatic heterocycles. The summed E-state index contributed by atoms with van der Waals surface area (Å²) in [7, 11) is 0. The zero-order valence-electron chi connectivity index (χ0n) is 7.69. The van der Waals surface area contributed by atoms with E-state index in [0.29, 0.717) is 5.69 Å². The summed E-state index contributed by atoms with van der Waals surface area (Å²) in [5, 5.41) is 3.63. The first kappa shape index (κ1) is 8.48. The van der Waals surface area contributed by atoms with E-state index in [1.165, 1.54) is 12.8 Å². The molecular weight excluding hydrogens is 166 g/mol. The zero-order valence-corrected chi connectivity index (χ0v) is 7.69. The van der Waals surface area contributed by atoms with Gasteiger partial charge in [-0.2, -0.15) is 0 Å². The number of carbonyl (C=O) groups is 1. The molecule has 1 aliphatic rings. The van der Waals surface area contributed by atoms with Gasteiger partial charge in [-0.3, -0.25) is 4.79 Å². The molecule has 13 heavy (non-hydrogen) atoms. The van der Waals surface area contributed by atoms with Crippen LogP contribution in [0.25, 0.3) is 0 Å². The fourth-order valence-corrected chi connectivity index (χ4v) is 1.78. The number of aldehydes is 1. The van der Waals surface area contributed by atoms with Gasteiger partial charge in [0.05, 0.1) is 0 Å². The molecule has 0 radical (unpaired) electrons. The summed E-state index contributed by atoms with van der Waals surface area (Å²) >= 11 is 0. The van der Waals surface area contributed by atoms with Crippen molar-refractivity contribution in [3.63, 3.8) is 0 Å². The summed E-state index contributed by atoms with van der Waals surface area (Å²) in [6, 6.07) is 1.73. The van der Waals surface area contributed by atoms with Gasteiger partial charge < -0.3 is 4.52 Å². The van der Waals surface area contributed by atoms with E-state index in [9.17, 15) is 4.79 Å². The number of nitrogens with zero attached hydrogens (tertiary/aromatic N) is 1. The average molecular weight is 179 g/mol. The van der Waals surface area contributed by atoms with E-state index in [4.69, 9.17) is 4.52 Å². The molecular formula is C10H13NO2. The fraction of sp³-hybridized carbons (Fsp3) is 0.600. The number of hydrogen-bond acceptors (Lipinski definition) is 3. The van der Waals surface area contributed by atoms with Crippen molar-refractivity contribution >= 4 is 6.29 Å². The second-order valence-corrected chi connectivity index (χ2v) is 3.85. The van der Waals surface area contributed by atoms with Crippen LogP contribution < -0.4 is 0 Å². The highest BCUT2D eigenvalue weighted by atomic mass is 16.5. The highest BCUT2D eigenvalue weighted by Crippen LogP contribution is 2.36. The zero-order chi connectivity index (χ0) is 9.26. The Hall–Kier alpha value is -1.12. The van der Waals surface area contributed by atoms with E-state index in [2.05, 4.69) is 12.1 Å². The van der Waals surface area contributed by atoms with Crippen LogP contribution in [0.15, 0.2) is 10.6 Å². The Morgan fingerprint density at radius 1 is 1.69 bits per heavy atom. The Morgan fingerprint density at radius 2 is 2.54 bits per heavy atom. The maximum absolute atomic E-state index is 10.3. The molecule has 2 atom stereocenters. The standard InChI is InChI=1S/C10H13NO2/c1-7-2-3-8(7)4-10-5-9(6-12)11-13-10/h5-8H,2-4H2,1H3. The molecule has 0 spiro atoms. The molecule has 1 saturated carbocycles. The van der Waals surface area contributed by atoms with E-state index in [1.807, 2.05) is 0 Å². The second-order valence-electron chi connectivity index (χ2n) is 3.85. The molecule has 70 valence electrons. The van der Waals surface area contributed by atoms with Crippen LogP contribution in [-0.4, -0.2) is 11.4 Å². The lowest BCUT2D eigenvalue weighted by molar-refractivity contribution is 0.111. The Morgan fingerprint density at radius 3 is 3.00 bits per heavy atom. The maximum Gasteiger partial charge on any atom is 0.171 e. The summed E-state index contributed by atoms with van der Waals surface area (Å²) in [6.45, 7) is 2.26. The average Bonchev–Trinajstić information content (AvgIpc) is 2.59. The molecule has 1 aromatic heterocycles. The van der Waals surface area contributed by atoms with E-state index < -0.39 is 0 Å². The maximum atomic E-state index is 10.3. The van der Waals surface area contributed by atoms with Crippen LogP contribution in [0, 0.1) is 11.8 Å². The Kier molecular flexibility index (Phi) is 2.17. The largest absolute Gasteiger partial charge is 0.361 e. The predicted molar refractivity (Wildman–Crippen MR) is 47.5 cm³/mol.